The molecular weight excluding hydrogens is 232 g/mol. The highest BCUT2D eigenvalue weighted by Gasteiger charge is 2.18. The number of hydrogen-bond acceptors (Lipinski definition) is 2. The Balaban J connectivity index is 1.59. The topological polar surface area (TPSA) is 24.9 Å². The molecular formula is C17H20N2. The Morgan fingerprint density at radius 1 is 1.11 bits per heavy atom. The highest BCUT2D eigenvalue weighted by molar-refractivity contribution is 5.32. The molecule has 0 saturated heterocycles. The van der Waals surface area contributed by atoms with Gasteiger partial charge in [0.2, 0.25) is 0 Å². The van der Waals surface area contributed by atoms with Crippen molar-refractivity contribution in [1.82, 2.24) is 10.3 Å². The molecule has 1 heterocycles. The van der Waals surface area contributed by atoms with Crippen LogP contribution in [0.1, 0.15) is 35.7 Å². The van der Waals surface area contributed by atoms with Crippen LogP contribution in [0.5, 0.6) is 0 Å². The van der Waals surface area contributed by atoms with E-state index in [0.717, 1.165) is 13.0 Å². The monoisotopic (exact) mass is 252 g/mol. The van der Waals surface area contributed by atoms with Crippen LogP contribution < -0.4 is 5.32 Å². The summed E-state index contributed by atoms with van der Waals surface area (Å²) < 4.78 is 0. The van der Waals surface area contributed by atoms with Gasteiger partial charge >= 0.3 is 0 Å². The van der Waals surface area contributed by atoms with Crippen LogP contribution in [0.25, 0.3) is 0 Å². The fraction of sp³-hybridized carbons (Fsp3) is 0.353. The molecule has 0 aliphatic heterocycles. The number of benzene rings is 1. The maximum atomic E-state index is 4.37. The molecule has 2 nitrogen and oxygen atoms in total. The van der Waals surface area contributed by atoms with Crippen molar-refractivity contribution in [3.8, 4) is 0 Å². The number of hydrogen-bond donors (Lipinski definition) is 1. The summed E-state index contributed by atoms with van der Waals surface area (Å²) in [5.41, 5.74) is 4.18. The number of aromatic nitrogens is 1. The minimum absolute atomic E-state index is 0.522. The van der Waals surface area contributed by atoms with Crippen LogP contribution in [-0.4, -0.2) is 11.5 Å². The molecule has 2 heteroatoms. The predicted molar refractivity (Wildman–Crippen MR) is 78.1 cm³/mol. The van der Waals surface area contributed by atoms with Crippen molar-refractivity contribution in [3.05, 3.63) is 65.5 Å². The van der Waals surface area contributed by atoms with Gasteiger partial charge in [0.1, 0.15) is 0 Å². The van der Waals surface area contributed by atoms with Crippen LogP contribution in [0.4, 0.5) is 0 Å². The van der Waals surface area contributed by atoms with E-state index in [1.165, 1.54) is 36.1 Å². The molecule has 98 valence electrons. The van der Waals surface area contributed by atoms with Gasteiger partial charge in [0.15, 0.2) is 0 Å². The maximum Gasteiger partial charge on any atom is 0.0416 e. The van der Waals surface area contributed by atoms with Gasteiger partial charge < -0.3 is 5.32 Å². The second-order valence-electron chi connectivity index (χ2n) is 5.17. The molecule has 0 radical (unpaired) electrons. The molecule has 3 rings (SSSR count). The SMILES string of the molecule is c1ccc(CCNC2CCCc3ccccc32)nc1. The molecule has 19 heavy (non-hydrogen) atoms. The van der Waals surface area contributed by atoms with Gasteiger partial charge in [-0.3, -0.25) is 4.98 Å². The van der Waals surface area contributed by atoms with E-state index in [9.17, 15) is 0 Å². The lowest BCUT2D eigenvalue weighted by Gasteiger charge is -2.26. The lowest BCUT2D eigenvalue weighted by Crippen LogP contribution is -2.27. The van der Waals surface area contributed by atoms with Crippen molar-refractivity contribution in [2.24, 2.45) is 0 Å². The molecule has 1 aromatic carbocycles. The summed E-state index contributed by atoms with van der Waals surface area (Å²) in [6.45, 7) is 0.996. The van der Waals surface area contributed by atoms with Gasteiger partial charge in [-0.1, -0.05) is 30.3 Å². The van der Waals surface area contributed by atoms with Gasteiger partial charge in [0.25, 0.3) is 0 Å². The first-order valence-corrected chi connectivity index (χ1v) is 7.14. The molecule has 1 atom stereocenters. The predicted octanol–water partition coefficient (Wildman–Crippen LogP) is 3.29. The normalized spacial score (nSPS) is 18.0. The zero-order valence-electron chi connectivity index (χ0n) is 11.2. The summed E-state index contributed by atoms with van der Waals surface area (Å²) in [5.74, 6) is 0. The highest BCUT2D eigenvalue weighted by Crippen LogP contribution is 2.29. The molecule has 0 amide bonds. The van der Waals surface area contributed by atoms with Gasteiger partial charge in [-0.2, -0.15) is 0 Å². The Hall–Kier alpha value is -1.67. The number of fused-ring (bicyclic) bond motifs is 1. The summed E-state index contributed by atoms with van der Waals surface area (Å²) in [7, 11) is 0. The Morgan fingerprint density at radius 3 is 2.89 bits per heavy atom. The lowest BCUT2D eigenvalue weighted by molar-refractivity contribution is 0.462. The number of pyridine rings is 1. The van der Waals surface area contributed by atoms with Gasteiger partial charge in [0.05, 0.1) is 0 Å². The summed E-state index contributed by atoms with van der Waals surface area (Å²) in [6, 6.07) is 15.5. The smallest absolute Gasteiger partial charge is 0.0416 e. The Morgan fingerprint density at radius 2 is 2.00 bits per heavy atom. The molecule has 2 aromatic rings. The number of nitrogens with one attached hydrogen (secondary N) is 1. The summed E-state index contributed by atoms with van der Waals surface area (Å²) in [6.07, 6.45) is 6.64. The van der Waals surface area contributed by atoms with Gasteiger partial charge in [-0.05, 0) is 42.5 Å². The van der Waals surface area contributed by atoms with Gasteiger partial charge in [0, 0.05) is 30.9 Å². The van der Waals surface area contributed by atoms with E-state index in [0.29, 0.717) is 6.04 Å². The van der Waals surface area contributed by atoms with E-state index >= 15 is 0 Å². The molecule has 0 saturated carbocycles. The molecule has 1 aromatic heterocycles. The zero-order valence-corrected chi connectivity index (χ0v) is 11.2. The van der Waals surface area contributed by atoms with E-state index in [4.69, 9.17) is 0 Å². The average Bonchev–Trinajstić information content (AvgIpc) is 2.49. The first kappa shape index (κ1) is 12.4. The van der Waals surface area contributed by atoms with Crippen molar-refractivity contribution >= 4 is 0 Å². The van der Waals surface area contributed by atoms with E-state index in [1.807, 2.05) is 12.3 Å². The van der Waals surface area contributed by atoms with Crippen LogP contribution in [0.2, 0.25) is 0 Å². The zero-order chi connectivity index (χ0) is 12.9. The molecule has 1 aliphatic carbocycles. The average molecular weight is 252 g/mol. The summed E-state index contributed by atoms with van der Waals surface area (Å²) >= 11 is 0. The van der Waals surface area contributed by atoms with Crippen LogP contribution >= 0.6 is 0 Å². The minimum Gasteiger partial charge on any atom is -0.310 e. The third-order valence-electron chi connectivity index (χ3n) is 3.87. The fourth-order valence-corrected chi connectivity index (χ4v) is 2.89. The third-order valence-corrected chi connectivity index (χ3v) is 3.87. The van der Waals surface area contributed by atoms with E-state index < -0.39 is 0 Å². The third kappa shape index (κ3) is 3.02. The fourth-order valence-electron chi connectivity index (χ4n) is 2.89. The first-order chi connectivity index (χ1) is 9.43. The minimum atomic E-state index is 0.522. The molecule has 1 N–H and O–H groups in total. The maximum absolute atomic E-state index is 4.37. The van der Waals surface area contributed by atoms with Crippen LogP contribution in [0.3, 0.4) is 0 Å². The number of aryl methyl sites for hydroxylation is 1. The van der Waals surface area contributed by atoms with E-state index in [2.05, 4.69) is 46.7 Å². The van der Waals surface area contributed by atoms with Crippen LogP contribution in [0, 0.1) is 0 Å². The van der Waals surface area contributed by atoms with Crippen LogP contribution in [0.15, 0.2) is 48.7 Å². The van der Waals surface area contributed by atoms with Crippen molar-refractivity contribution in [2.75, 3.05) is 6.54 Å². The second kappa shape index (κ2) is 5.98. The van der Waals surface area contributed by atoms with E-state index in [-0.39, 0.29) is 0 Å². The molecule has 0 spiro atoms. The van der Waals surface area contributed by atoms with Gasteiger partial charge in [-0.15, -0.1) is 0 Å². The quantitative estimate of drug-likeness (QED) is 0.903. The molecule has 1 aliphatic rings. The first-order valence-electron chi connectivity index (χ1n) is 7.14. The van der Waals surface area contributed by atoms with E-state index in [1.54, 1.807) is 0 Å². The van der Waals surface area contributed by atoms with Crippen molar-refractivity contribution in [2.45, 2.75) is 31.7 Å². The lowest BCUT2D eigenvalue weighted by atomic mass is 9.88. The Kier molecular flexibility index (Phi) is 3.89. The molecule has 1 unspecified atom stereocenters. The second-order valence-corrected chi connectivity index (χ2v) is 5.17. The standard InChI is InChI=1S/C17H20N2/c1-2-9-16-14(6-1)7-5-10-17(16)19-13-11-15-8-3-4-12-18-15/h1-4,6,8-9,12,17,19H,5,7,10-11,13H2. The highest BCUT2D eigenvalue weighted by atomic mass is 14.9. The Bertz CT molecular complexity index is 522. The van der Waals surface area contributed by atoms with Crippen molar-refractivity contribution in [3.63, 3.8) is 0 Å². The van der Waals surface area contributed by atoms with Crippen molar-refractivity contribution < 1.29 is 0 Å². The molecule has 0 bridgehead atoms. The Labute approximate surface area is 114 Å². The summed E-state index contributed by atoms with van der Waals surface area (Å²) in [5, 5.41) is 3.69. The molecule has 0 fully saturated rings. The summed E-state index contributed by atoms with van der Waals surface area (Å²) in [4.78, 5) is 4.37. The van der Waals surface area contributed by atoms with Gasteiger partial charge in [-0.25, -0.2) is 0 Å². The van der Waals surface area contributed by atoms with Crippen LogP contribution in [-0.2, 0) is 12.8 Å². The largest absolute Gasteiger partial charge is 0.310 e. The number of nitrogens with zero attached hydrogens (tertiary/aromatic N) is 1. The van der Waals surface area contributed by atoms with Crippen molar-refractivity contribution in [1.29, 1.82) is 0 Å². The number of rotatable bonds is 4.